The Balaban J connectivity index is 2.22. The van der Waals surface area contributed by atoms with E-state index in [1.165, 1.54) is 36.2 Å². The van der Waals surface area contributed by atoms with Crippen molar-refractivity contribution in [2.45, 2.75) is 31.0 Å². The van der Waals surface area contributed by atoms with Gasteiger partial charge in [-0.2, -0.15) is 13.2 Å². The van der Waals surface area contributed by atoms with Crippen LogP contribution in [0.25, 0.3) is 12.2 Å². The number of pyridine rings is 1. The summed E-state index contributed by atoms with van der Waals surface area (Å²) in [5.74, 6) is -1.32. The van der Waals surface area contributed by atoms with Gasteiger partial charge in [0.2, 0.25) is 5.82 Å². The van der Waals surface area contributed by atoms with Gasteiger partial charge >= 0.3 is 6.18 Å². The van der Waals surface area contributed by atoms with Crippen molar-refractivity contribution < 1.29 is 21.6 Å². The molecule has 1 N–H and O–H groups in total. The number of rotatable bonds is 4. The Kier molecular flexibility index (Phi) is 4.58. The number of alkyl halides is 3. The number of anilines is 1. The van der Waals surface area contributed by atoms with E-state index >= 15 is 0 Å². The lowest BCUT2D eigenvalue weighted by Crippen LogP contribution is -2.42. The van der Waals surface area contributed by atoms with Gasteiger partial charge in [-0.25, -0.2) is 23.4 Å². The molecule has 0 bridgehead atoms. The fraction of sp³-hybridized carbons (Fsp3) is 0.312. The van der Waals surface area contributed by atoms with Crippen LogP contribution >= 0.6 is 0 Å². The Hall–Kier alpha value is -2.69. The molecule has 3 heterocycles. The van der Waals surface area contributed by atoms with Crippen LogP contribution in [-0.4, -0.2) is 35.2 Å². The van der Waals surface area contributed by atoms with Crippen molar-refractivity contribution in [2.24, 2.45) is 5.10 Å². The Morgan fingerprint density at radius 2 is 2.04 bits per heavy atom. The SMILES string of the molecule is C=Cc1ccc(S(=O)(=O)CC)c(N2N=c3nc(C(F)(F)F)[nH]c3=CC2C)n1. The second-order valence-electron chi connectivity index (χ2n) is 5.84. The molecular formula is C16H16F3N5O2S. The number of aromatic nitrogens is 3. The molecule has 0 aliphatic carbocycles. The molecule has 1 aliphatic rings. The van der Waals surface area contributed by atoms with Gasteiger partial charge in [0.1, 0.15) is 4.90 Å². The van der Waals surface area contributed by atoms with Crippen LogP contribution in [0.2, 0.25) is 0 Å². The molecule has 1 unspecified atom stereocenters. The average Bonchev–Trinajstić information content (AvgIpc) is 3.03. The van der Waals surface area contributed by atoms with Crippen LogP contribution in [0.5, 0.6) is 0 Å². The summed E-state index contributed by atoms with van der Waals surface area (Å²) in [7, 11) is -3.64. The van der Waals surface area contributed by atoms with E-state index in [0.717, 1.165) is 0 Å². The molecule has 0 amide bonds. The van der Waals surface area contributed by atoms with Crippen LogP contribution in [0.4, 0.5) is 19.0 Å². The van der Waals surface area contributed by atoms with Crippen LogP contribution in [0.1, 0.15) is 25.4 Å². The zero-order chi connectivity index (χ0) is 20.0. The zero-order valence-electron chi connectivity index (χ0n) is 14.4. The summed E-state index contributed by atoms with van der Waals surface area (Å²) in [6, 6.07) is 2.33. The molecule has 0 saturated heterocycles. The third kappa shape index (κ3) is 3.46. The van der Waals surface area contributed by atoms with E-state index in [9.17, 15) is 21.6 Å². The minimum Gasteiger partial charge on any atom is -0.333 e. The molecule has 0 fully saturated rings. The number of nitrogens with one attached hydrogen (secondary N) is 1. The zero-order valence-corrected chi connectivity index (χ0v) is 15.3. The van der Waals surface area contributed by atoms with E-state index in [0.29, 0.717) is 5.69 Å². The van der Waals surface area contributed by atoms with Gasteiger partial charge in [0, 0.05) is 0 Å². The highest BCUT2D eigenvalue weighted by Gasteiger charge is 2.35. The number of hydrogen-bond acceptors (Lipinski definition) is 6. The number of imidazole rings is 1. The third-order valence-corrected chi connectivity index (χ3v) is 5.73. The van der Waals surface area contributed by atoms with Crippen LogP contribution in [0, 0.1) is 0 Å². The highest BCUT2D eigenvalue weighted by molar-refractivity contribution is 7.91. The van der Waals surface area contributed by atoms with Gasteiger partial charge in [0.25, 0.3) is 0 Å². The first-order chi connectivity index (χ1) is 12.6. The van der Waals surface area contributed by atoms with Crippen molar-refractivity contribution >= 4 is 27.8 Å². The van der Waals surface area contributed by atoms with Crippen molar-refractivity contribution in [3.63, 3.8) is 0 Å². The van der Waals surface area contributed by atoms with Gasteiger partial charge in [0.15, 0.2) is 21.1 Å². The molecule has 0 aromatic carbocycles. The highest BCUT2D eigenvalue weighted by atomic mass is 32.2. The molecule has 144 valence electrons. The van der Waals surface area contributed by atoms with E-state index in [-0.39, 0.29) is 27.3 Å². The summed E-state index contributed by atoms with van der Waals surface area (Å²) in [6.45, 7) is 6.75. The topological polar surface area (TPSA) is 91.3 Å². The van der Waals surface area contributed by atoms with Crippen molar-refractivity contribution in [1.29, 1.82) is 0 Å². The van der Waals surface area contributed by atoms with E-state index in [2.05, 4.69) is 26.6 Å². The number of H-pyrrole nitrogens is 1. The summed E-state index contributed by atoms with van der Waals surface area (Å²) in [6.07, 6.45) is -1.73. The molecule has 2 aromatic heterocycles. The Labute approximate surface area is 152 Å². The van der Waals surface area contributed by atoms with Gasteiger partial charge < -0.3 is 4.98 Å². The van der Waals surface area contributed by atoms with Crippen molar-refractivity contribution in [3.05, 3.63) is 41.1 Å². The maximum absolute atomic E-state index is 12.9. The maximum Gasteiger partial charge on any atom is 0.449 e. The second-order valence-corrected chi connectivity index (χ2v) is 8.08. The molecule has 0 spiro atoms. The van der Waals surface area contributed by atoms with E-state index < -0.39 is 27.9 Å². The minimum atomic E-state index is -4.65. The molecule has 0 radical (unpaired) electrons. The van der Waals surface area contributed by atoms with Crippen LogP contribution in [-0.2, 0) is 16.0 Å². The number of nitrogens with zero attached hydrogens (tertiary/aromatic N) is 4. The fourth-order valence-electron chi connectivity index (χ4n) is 2.58. The molecular weight excluding hydrogens is 383 g/mol. The van der Waals surface area contributed by atoms with Crippen molar-refractivity contribution in [3.8, 4) is 0 Å². The largest absolute Gasteiger partial charge is 0.449 e. The molecule has 0 saturated carbocycles. The summed E-state index contributed by atoms with van der Waals surface area (Å²) in [4.78, 5) is 9.86. The van der Waals surface area contributed by atoms with Crippen molar-refractivity contribution in [1.82, 2.24) is 15.0 Å². The lowest BCUT2D eigenvalue weighted by Gasteiger charge is -2.26. The molecule has 27 heavy (non-hydrogen) atoms. The molecule has 7 nitrogen and oxygen atoms in total. The molecule has 1 aliphatic heterocycles. The Morgan fingerprint density at radius 3 is 2.63 bits per heavy atom. The normalized spacial score (nSPS) is 17.1. The van der Waals surface area contributed by atoms with Crippen LogP contribution < -0.4 is 15.8 Å². The van der Waals surface area contributed by atoms with E-state index in [1.807, 2.05) is 0 Å². The first-order valence-electron chi connectivity index (χ1n) is 7.96. The summed E-state index contributed by atoms with van der Waals surface area (Å²) in [5, 5.41) is 5.48. The van der Waals surface area contributed by atoms with Gasteiger partial charge in [0.05, 0.1) is 22.8 Å². The predicted octanol–water partition coefficient (Wildman–Crippen LogP) is 1.48. The van der Waals surface area contributed by atoms with Gasteiger partial charge in [-0.15, -0.1) is 5.10 Å². The van der Waals surface area contributed by atoms with Crippen LogP contribution in [0.15, 0.2) is 28.7 Å². The first kappa shape index (κ1) is 19.1. The van der Waals surface area contributed by atoms with E-state index in [1.54, 1.807) is 6.92 Å². The number of halogens is 3. The van der Waals surface area contributed by atoms with Crippen LogP contribution in [0.3, 0.4) is 0 Å². The molecule has 1 atom stereocenters. The molecule has 3 rings (SSSR count). The van der Waals surface area contributed by atoms with Crippen molar-refractivity contribution in [2.75, 3.05) is 10.8 Å². The molecule has 11 heteroatoms. The summed E-state index contributed by atoms with van der Waals surface area (Å²) in [5.41, 5.74) is 0.220. The number of aromatic amines is 1. The number of fused-ring (bicyclic) bond motifs is 1. The van der Waals surface area contributed by atoms with Gasteiger partial charge in [-0.1, -0.05) is 13.5 Å². The Morgan fingerprint density at radius 1 is 1.33 bits per heavy atom. The summed E-state index contributed by atoms with van der Waals surface area (Å²) < 4.78 is 63.5. The standard InChI is InChI=1S/C16H16F3N5O2S/c1-4-10-6-7-12(27(25,26)5-2)14(20-10)24-9(3)8-11-13(23-24)22-15(21-11)16(17,18)19/h4,6-9H,1,5H2,2-3H3,(H,21,22,23). The smallest absolute Gasteiger partial charge is 0.333 e. The van der Waals surface area contributed by atoms with E-state index in [4.69, 9.17) is 0 Å². The highest BCUT2D eigenvalue weighted by Crippen LogP contribution is 2.28. The second kappa shape index (κ2) is 6.48. The van der Waals surface area contributed by atoms with Gasteiger partial charge in [-0.3, -0.25) is 0 Å². The lowest BCUT2D eigenvalue weighted by molar-refractivity contribution is -0.144. The third-order valence-electron chi connectivity index (χ3n) is 3.98. The average molecular weight is 399 g/mol. The monoisotopic (exact) mass is 399 g/mol. The quantitative estimate of drug-likeness (QED) is 0.841. The lowest BCUT2D eigenvalue weighted by atomic mass is 10.2. The Bertz CT molecular complexity index is 1120. The maximum atomic E-state index is 12.9. The fourth-order valence-corrected chi connectivity index (χ4v) is 3.58. The van der Waals surface area contributed by atoms with Gasteiger partial charge in [-0.05, 0) is 31.2 Å². The molecule has 2 aromatic rings. The number of hydrogen-bond donors (Lipinski definition) is 1. The number of sulfone groups is 1. The first-order valence-corrected chi connectivity index (χ1v) is 9.61. The summed E-state index contributed by atoms with van der Waals surface area (Å²) >= 11 is 0. The predicted molar refractivity (Wildman–Crippen MR) is 92.8 cm³/mol. The minimum absolute atomic E-state index is 0.0141.